The second-order valence-corrected chi connectivity index (χ2v) is 5.70. The van der Waals surface area contributed by atoms with E-state index < -0.39 is 0 Å². The van der Waals surface area contributed by atoms with Crippen molar-refractivity contribution in [3.8, 4) is 11.8 Å². The zero-order chi connectivity index (χ0) is 15.2. The zero-order valence-electron chi connectivity index (χ0n) is 12.8. The summed E-state index contributed by atoms with van der Waals surface area (Å²) < 4.78 is 14.2. The maximum atomic E-state index is 14.2. The maximum Gasteiger partial charge on any atom is 0.128 e. The molecule has 0 amide bonds. The number of hydrogen-bond acceptors (Lipinski definition) is 3. The molecule has 0 spiro atoms. The minimum atomic E-state index is -0.218. The van der Waals surface area contributed by atoms with Gasteiger partial charge in [0.05, 0.1) is 0 Å². The van der Waals surface area contributed by atoms with Crippen LogP contribution in [0.5, 0.6) is 0 Å². The van der Waals surface area contributed by atoms with Crippen LogP contribution in [0.15, 0.2) is 18.2 Å². The monoisotopic (exact) mass is 290 g/mol. The summed E-state index contributed by atoms with van der Waals surface area (Å²) in [6.45, 7) is 5.73. The SMILES string of the molecule is CC1CN(C)CCCN1Cc1ccc(C#CCO)cc1F. The Morgan fingerprint density at radius 2 is 2.19 bits per heavy atom. The lowest BCUT2D eigenvalue weighted by molar-refractivity contribution is 0.192. The summed E-state index contributed by atoms with van der Waals surface area (Å²) in [7, 11) is 2.13. The van der Waals surface area contributed by atoms with Crippen LogP contribution in [-0.2, 0) is 6.54 Å². The number of hydrogen-bond donors (Lipinski definition) is 1. The average molecular weight is 290 g/mol. The summed E-state index contributed by atoms with van der Waals surface area (Å²) in [6.07, 6.45) is 1.11. The van der Waals surface area contributed by atoms with Gasteiger partial charge in [0.25, 0.3) is 0 Å². The summed E-state index contributed by atoms with van der Waals surface area (Å²) in [6, 6.07) is 5.49. The van der Waals surface area contributed by atoms with Gasteiger partial charge >= 0.3 is 0 Å². The zero-order valence-corrected chi connectivity index (χ0v) is 12.8. The van der Waals surface area contributed by atoms with Crippen molar-refractivity contribution in [1.29, 1.82) is 0 Å². The molecule has 1 fully saturated rings. The molecular formula is C17H23FN2O. The molecule has 1 N–H and O–H groups in total. The smallest absolute Gasteiger partial charge is 0.128 e. The van der Waals surface area contributed by atoms with Crippen LogP contribution in [0.4, 0.5) is 4.39 Å². The van der Waals surface area contributed by atoms with Crippen molar-refractivity contribution in [2.24, 2.45) is 0 Å². The van der Waals surface area contributed by atoms with E-state index in [1.165, 1.54) is 6.07 Å². The van der Waals surface area contributed by atoms with Crippen molar-refractivity contribution in [3.05, 3.63) is 35.1 Å². The lowest BCUT2D eigenvalue weighted by Gasteiger charge is -2.28. The van der Waals surface area contributed by atoms with E-state index in [4.69, 9.17) is 5.11 Å². The van der Waals surface area contributed by atoms with Gasteiger partial charge in [0.1, 0.15) is 12.4 Å². The van der Waals surface area contributed by atoms with Crippen molar-refractivity contribution in [3.63, 3.8) is 0 Å². The Kier molecular flexibility index (Phi) is 5.75. The fourth-order valence-corrected chi connectivity index (χ4v) is 2.77. The molecule has 3 nitrogen and oxygen atoms in total. The number of likely N-dealkylation sites (N-methyl/N-ethyl adjacent to an activating group) is 1. The first-order valence-electron chi connectivity index (χ1n) is 7.41. The van der Waals surface area contributed by atoms with Crippen LogP contribution < -0.4 is 0 Å². The fraction of sp³-hybridized carbons (Fsp3) is 0.529. The van der Waals surface area contributed by atoms with Gasteiger partial charge in [-0.2, -0.15) is 0 Å². The molecular weight excluding hydrogens is 267 g/mol. The summed E-state index contributed by atoms with van der Waals surface area (Å²) in [5.74, 6) is 5.05. The van der Waals surface area contributed by atoms with Gasteiger partial charge in [-0.25, -0.2) is 4.39 Å². The minimum Gasteiger partial charge on any atom is -0.384 e. The van der Waals surface area contributed by atoms with Crippen molar-refractivity contribution in [2.75, 3.05) is 33.3 Å². The third-order valence-electron chi connectivity index (χ3n) is 3.92. The van der Waals surface area contributed by atoms with E-state index in [0.717, 1.165) is 26.1 Å². The molecule has 21 heavy (non-hydrogen) atoms. The molecule has 1 atom stereocenters. The van der Waals surface area contributed by atoms with E-state index >= 15 is 0 Å². The summed E-state index contributed by atoms with van der Waals surface area (Å²) in [5, 5.41) is 8.67. The molecule has 0 bridgehead atoms. The Hall–Kier alpha value is -1.41. The number of aliphatic hydroxyl groups excluding tert-OH is 1. The maximum absolute atomic E-state index is 14.2. The first-order valence-corrected chi connectivity index (χ1v) is 7.41. The molecule has 2 rings (SSSR count). The van der Waals surface area contributed by atoms with Crippen LogP contribution in [0, 0.1) is 17.7 Å². The van der Waals surface area contributed by atoms with Crippen LogP contribution in [-0.4, -0.2) is 54.2 Å². The third-order valence-corrected chi connectivity index (χ3v) is 3.92. The normalized spacial score (nSPS) is 20.7. The van der Waals surface area contributed by atoms with E-state index in [0.29, 0.717) is 23.7 Å². The van der Waals surface area contributed by atoms with E-state index in [2.05, 4.69) is 35.6 Å². The van der Waals surface area contributed by atoms with Crippen LogP contribution in [0.3, 0.4) is 0 Å². The van der Waals surface area contributed by atoms with Gasteiger partial charge < -0.3 is 10.0 Å². The Morgan fingerprint density at radius 3 is 2.90 bits per heavy atom. The second-order valence-electron chi connectivity index (χ2n) is 5.70. The van der Waals surface area contributed by atoms with E-state index in [9.17, 15) is 4.39 Å². The van der Waals surface area contributed by atoms with Gasteiger partial charge in [-0.05, 0) is 39.1 Å². The highest BCUT2D eigenvalue weighted by atomic mass is 19.1. The lowest BCUT2D eigenvalue weighted by Crippen LogP contribution is -2.37. The predicted molar refractivity (Wildman–Crippen MR) is 82.3 cm³/mol. The molecule has 1 aliphatic heterocycles. The van der Waals surface area contributed by atoms with Gasteiger partial charge in [-0.3, -0.25) is 4.90 Å². The number of benzene rings is 1. The number of rotatable bonds is 2. The Balaban J connectivity index is 2.08. The van der Waals surface area contributed by atoms with Gasteiger partial charge in [-0.15, -0.1) is 0 Å². The Morgan fingerprint density at radius 1 is 1.38 bits per heavy atom. The molecule has 0 aromatic heterocycles. The van der Waals surface area contributed by atoms with E-state index in [1.807, 2.05) is 6.07 Å². The van der Waals surface area contributed by atoms with Gasteiger partial charge in [0, 0.05) is 36.8 Å². The molecule has 1 aromatic carbocycles. The first-order chi connectivity index (χ1) is 10.1. The Labute approximate surface area is 126 Å². The summed E-state index contributed by atoms with van der Waals surface area (Å²) >= 11 is 0. The van der Waals surface area contributed by atoms with Crippen molar-refractivity contribution >= 4 is 0 Å². The topological polar surface area (TPSA) is 26.7 Å². The molecule has 1 heterocycles. The minimum absolute atomic E-state index is 0.206. The third kappa shape index (κ3) is 4.53. The van der Waals surface area contributed by atoms with Gasteiger partial charge in [0.15, 0.2) is 0 Å². The van der Waals surface area contributed by atoms with Crippen LogP contribution >= 0.6 is 0 Å². The van der Waals surface area contributed by atoms with Crippen LogP contribution in [0.2, 0.25) is 0 Å². The molecule has 0 radical (unpaired) electrons. The predicted octanol–water partition coefficient (Wildman–Crippen LogP) is 1.70. The van der Waals surface area contributed by atoms with Crippen molar-refractivity contribution < 1.29 is 9.50 Å². The van der Waals surface area contributed by atoms with E-state index in [-0.39, 0.29) is 12.4 Å². The lowest BCUT2D eigenvalue weighted by atomic mass is 10.1. The molecule has 1 saturated heterocycles. The van der Waals surface area contributed by atoms with Crippen LogP contribution in [0.1, 0.15) is 24.5 Å². The highest BCUT2D eigenvalue weighted by Gasteiger charge is 2.20. The second kappa shape index (κ2) is 7.56. The molecule has 4 heteroatoms. The first kappa shape index (κ1) is 16.0. The molecule has 0 saturated carbocycles. The standard InChI is InChI=1S/C17H23FN2O/c1-14-12-19(2)8-4-9-20(14)13-16-7-6-15(5-3-10-21)11-17(16)18/h6-7,11,14,21H,4,8-10,12-13H2,1-2H3. The molecule has 114 valence electrons. The van der Waals surface area contributed by atoms with E-state index in [1.54, 1.807) is 6.07 Å². The molecule has 1 aromatic rings. The molecule has 0 aliphatic carbocycles. The highest BCUT2D eigenvalue weighted by Crippen LogP contribution is 2.16. The van der Waals surface area contributed by atoms with Crippen molar-refractivity contribution in [2.45, 2.75) is 25.9 Å². The fourth-order valence-electron chi connectivity index (χ4n) is 2.77. The average Bonchev–Trinajstić information content (AvgIpc) is 2.60. The van der Waals surface area contributed by atoms with Gasteiger partial charge in [0.2, 0.25) is 0 Å². The van der Waals surface area contributed by atoms with Gasteiger partial charge in [-0.1, -0.05) is 17.9 Å². The number of nitrogens with zero attached hydrogens (tertiary/aromatic N) is 2. The molecule has 1 aliphatic rings. The van der Waals surface area contributed by atoms with Crippen LogP contribution in [0.25, 0.3) is 0 Å². The Bertz CT molecular complexity index is 535. The highest BCUT2D eigenvalue weighted by molar-refractivity contribution is 5.37. The largest absolute Gasteiger partial charge is 0.384 e. The summed E-state index contributed by atoms with van der Waals surface area (Å²) in [4.78, 5) is 4.66. The van der Waals surface area contributed by atoms with Crippen molar-refractivity contribution in [1.82, 2.24) is 9.80 Å². The quantitative estimate of drug-likeness (QED) is 0.840. The summed E-state index contributed by atoms with van der Waals surface area (Å²) in [5.41, 5.74) is 1.31. The number of aliphatic hydroxyl groups is 1. The number of halogens is 1. The molecule has 1 unspecified atom stereocenters.